The number of aliphatic hydroxyl groups is 1. The van der Waals surface area contributed by atoms with E-state index in [0.29, 0.717) is 5.41 Å². The largest absolute Gasteiger partial charge is 0.389 e. The first-order valence-electron chi connectivity index (χ1n) is 5.90. The zero-order valence-corrected chi connectivity index (χ0v) is 9.64. The smallest absolute Gasteiger partial charge is 0.0741 e. The van der Waals surface area contributed by atoms with Gasteiger partial charge in [-0.15, -0.1) is 0 Å². The predicted octanol–water partition coefficient (Wildman–Crippen LogP) is 1.93. The summed E-state index contributed by atoms with van der Waals surface area (Å²) in [6.07, 6.45) is 5.70. The Bertz CT molecular complexity index is 211. The van der Waals surface area contributed by atoms with Gasteiger partial charge in [0, 0.05) is 12.6 Å². The van der Waals surface area contributed by atoms with Gasteiger partial charge in [0.1, 0.15) is 0 Å². The lowest BCUT2D eigenvalue weighted by Gasteiger charge is -2.29. The summed E-state index contributed by atoms with van der Waals surface area (Å²) in [4.78, 5) is 0. The first-order chi connectivity index (χ1) is 6.44. The molecule has 0 aromatic carbocycles. The van der Waals surface area contributed by atoms with E-state index in [9.17, 15) is 5.11 Å². The second-order valence-corrected chi connectivity index (χ2v) is 5.89. The number of hydrogen-bond donors (Lipinski definition) is 2. The lowest BCUT2D eigenvalue weighted by Crippen LogP contribution is -2.46. The summed E-state index contributed by atoms with van der Waals surface area (Å²) in [7, 11) is 0. The van der Waals surface area contributed by atoms with E-state index in [2.05, 4.69) is 12.2 Å². The summed E-state index contributed by atoms with van der Waals surface area (Å²) in [6, 6.07) is 0.193. The van der Waals surface area contributed by atoms with Crippen LogP contribution in [0.1, 0.15) is 46.5 Å². The maximum Gasteiger partial charge on any atom is 0.0741 e. The Kier molecular flexibility index (Phi) is 2.39. The van der Waals surface area contributed by atoms with Gasteiger partial charge in [0.05, 0.1) is 5.60 Å². The van der Waals surface area contributed by atoms with Crippen molar-refractivity contribution in [1.29, 1.82) is 0 Å². The Hall–Kier alpha value is -0.0800. The van der Waals surface area contributed by atoms with E-state index >= 15 is 0 Å². The average molecular weight is 197 g/mol. The molecule has 0 saturated heterocycles. The van der Waals surface area contributed by atoms with Crippen LogP contribution in [0.15, 0.2) is 0 Å². The van der Waals surface area contributed by atoms with Crippen molar-refractivity contribution in [2.45, 2.75) is 58.1 Å². The van der Waals surface area contributed by atoms with Gasteiger partial charge in [-0.25, -0.2) is 0 Å². The van der Waals surface area contributed by atoms with E-state index in [4.69, 9.17) is 0 Å². The van der Waals surface area contributed by atoms with Crippen LogP contribution in [0.25, 0.3) is 0 Å². The van der Waals surface area contributed by atoms with Crippen molar-refractivity contribution in [3.05, 3.63) is 0 Å². The molecule has 2 nitrogen and oxygen atoms in total. The van der Waals surface area contributed by atoms with Crippen LogP contribution in [0, 0.1) is 11.3 Å². The lowest BCUT2D eigenvalue weighted by molar-refractivity contribution is 0.0419. The molecule has 0 heterocycles. The maximum atomic E-state index is 9.80. The molecule has 0 spiro atoms. The molecule has 14 heavy (non-hydrogen) atoms. The molecule has 0 radical (unpaired) electrons. The third-order valence-corrected chi connectivity index (χ3v) is 4.16. The molecule has 2 aliphatic rings. The molecular formula is C12H23NO. The summed E-state index contributed by atoms with van der Waals surface area (Å²) in [5, 5.41) is 13.3. The van der Waals surface area contributed by atoms with Crippen LogP contribution in [0.3, 0.4) is 0 Å². The van der Waals surface area contributed by atoms with Crippen molar-refractivity contribution < 1.29 is 5.11 Å². The van der Waals surface area contributed by atoms with Crippen LogP contribution in [0.5, 0.6) is 0 Å². The Balaban J connectivity index is 1.77. The van der Waals surface area contributed by atoms with Gasteiger partial charge in [-0.1, -0.05) is 0 Å². The normalized spacial score (nSPS) is 27.4. The van der Waals surface area contributed by atoms with Crippen molar-refractivity contribution in [3.63, 3.8) is 0 Å². The van der Waals surface area contributed by atoms with Crippen LogP contribution in [-0.2, 0) is 0 Å². The Labute approximate surface area is 87.1 Å². The van der Waals surface area contributed by atoms with E-state index in [-0.39, 0.29) is 6.04 Å². The molecule has 2 fully saturated rings. The summed E-state index contributed by atoms with van der Waals surface area (Å²) < 4.78 is 0. The molecule has 2 N–H and O–H groups in total. The van der Waals surface area contributed by atoms with Gasteiger partial charge in [0.25, 0.3) is 0 Å². The lowest BCUT2D eigenvalue weighted by atomic mass is 9.97. The van der Waals surface area contributed by atoms with E-state index in [1.807, 2.05) is 13.8 Å². The van der Waals surface area contributed by atoms with Crippen molar-refractivity contribution in [3.8, 4) is 0 Å². The minimum absolute atomic E-state index is 0.193. The number of nitrogens with one attached hydrogen (secondary N) is 1. The maximum absolute atomic E-state index is 9.80. The third-order valence-electron chi connectivity index (χ3n) is 4.16. The standard InChI is InChI=1S/C12H23NO/c1-9(11(2,3)14)13-8-12(6-7-12)10-4-5-10/h9-10,13-14H,4-8H2,1-3H3. The fourth-order valence-electron chi connectivity index (χ4n) is 2.19. The molecule has 2 rings (SSSR count). The van der Waals surface area contributed by atoms with Gasteiger partial charge < -0.3 is 10.4 Å². The zero-order chi connectivity index (χ0) is 10.4. The number of hydrogen-bond acceptors (Lipinski definition) is 2. The molecular weight excluding hydrogens is 174 g/mol. The summed E-state index contributed by atoms with van der Waals surface area (Å²) in [5.74, 6) is 1.00. The highest BCUT2D eigenvalue weighted by Crippen LogP contribution is 2.60. The van der Waals surface area contributed by atoms with E-state index < -0.39 is 5.60 Å². The van der Waals surface area contributed by atoms with Gasteiger partial charge in [0.2, 0.25) is 0 Å². The molecule has 1 atom stereocenters. The summed E-state index contributed by atoms with van der Waals surface area (Å²) in [6.45, 7) is 6.94. The summed E-state index contributed by atoms with van der Waals surface area (Å²) >= 11 is 0. The first kappa shape index (κ1) is 10.4. The van der Waals surface area contributed by atoms with Gasteiger partial charge in [0.15, 0.2) is 0 Å². The average Bonchev–Trinajstić information content (AvgIpc) is 2.89. The molecule has 1 unspecified atom stereocenters. The highest BCUT2D eigenvalue weighted by molar-refractivity contribution is 5.05. The van der Waals surface area contributed by atoms with Crippen LogP contribution in [-0.4, -0.2) is 23.3 Å². The highest BCUT2D eigenvalue weighted by atomic mass is 16.3. The fourth-order valence-corrected chi connectivity index (χ4v) is 2.19. The molecule has 0 aromatic heterocycles. The Morgan fingerprint density at radius 2 is 2.00 bits per heavy atom. The van der Waals surface area contributed by atoms with E-state index in [1.165, 1.54) is 25.7 Å². The van der Waals surface area contributed by atoms with Gasteiger partial charge >= 0.3 is 0 Å². The molecule has 2 aliphatic carbocycles. The molecule has 2 saturated carbocycles. The minimum Gasteiger partial charge on any atom is -0.389 e. The predicted molar refractivity (Wildman–Crippen MR) is 58.2 cm³/mol. The molecule has 2 heteroatoms. The monoisotopic (exact) mass is 197 g/mol. The highest BCUT2D eigenvalue weighted by Gasteiger charge is 2.53. The quantitative estimate of drug-likeness (QED) is 0.706. The van der Waals surface area contributed by atoms with Crippen molar-refractivity contribution in [2.24, 2.45) is 11.3 Å². The van der Waals surface area contributed by atoms with Crippen LogP contribution >= 0.6 is 0 Å². The topological polar surface area (TPSA) is 32.3 Å². The first-order valence-corrected chi connectivity index (χ1v) is 5.90. The second kappa shape index (κ2) is 3.21. The molecule has 0 bridgehead atoms. The Morgan fingerprint density at radius 1 is 1.43 bits per heavy atom. The van der Waals surface area contributed by atoms with Crippen molar-refractivity contribution in [1.82, 2.24) is 5.32 Å². The van der Waals surface area contributed by atoms with E-state index in [0.717, 1.165) is 12.5 Å². The third kappa shape index (κ3) is 2.12. The zero-order valence-electron chi connectivity index (χ0n) is 9.64. The Morgan fingerprint density at radius 3 is 2.36 bits per heavy atom. The second-order valence-electron chi connectivity index (χ2n) is 5.89. The minimum atomic E-state index is -0.598. The molecule has 82 valence electrons. The van der Waals surface area contributed by atoms with Crippen LogP contribution in [0.4, 0.5) is 0 Å². The van der Waals surface area contributed by atoms with Gasteiger partial charge in [-0.3, -0.25) is 0 Å². The van der Waals surface area contributed by atoms with Crippen molar-refractivity contribution in [2.75, 3.05) is 6.54 Å². The number of rotatable bonds is 5. The van der Waals surface area contributed by atoms with Gasteiger partial charge in [-0.05, 0) is 57.8 Å². The molecule has 0 amide bonds. The van der Waals surface area contributed by atoms with Crippen LogP contribution in [0.2, 0.25) is 0 Å². The summed E-state index contributed by atoms with van der Waals surface area (Å²) in [5.41, 5.74) is 0.0408. The fraction of sp³-hybridized carbons (Fsp3) is 1.00. The van der Waals surface area contributed by atoms with Crippen molar-refractivity contribution >= 4 is 0 Å². The SMILES string of the molecule is CC(NCC1(C2CC2)CC1)C(C)(C)O. The van der Waals surface area contributed by atoms with Crippen LogP contribution < -0.4 is 5.32 Å². The van der Waals surface area contributed by atoms with Gasteiger partial charge in [-0.2, -0.15) is 0 Å². The van der Waals surface area contributed by atoms with E-state index in [1.54, 1.807) is 0 Å². The molecule has 0 aromatic rings. The molecule has 0 aliphatic heterocycles.